The molecule has 6 nitrogen and oxygen atoms in total. The smallest absolute Gasteiger partial charge is 0.307 e. The van der Waals surface area contributed by atoms with Gasteiger partial charge in [0, 0.05) is 18.0 Å². The Morgan fingerprint density at radius 1 is 1.38 bits per heavy atom. The van der Waals surface area contributed by atoms with Crippen LogP contribution >= 0.6 is 11.6 Å². The Balaban J connectivity index is 1.30. The molecule has 0 unspecified atom stereocenters. The van der Waals surface area contributed by atoms with Gasteiger partial charge in [0.05, 0.1) is 23.4 Å². The quantitative estimate of drug-likeness (QED) is 0.621. The van der Waals surface area contributed by atoms with Gasteiger partial charge in [0.1, 0.15) is 11.4 Å². The molecule has 0 radical (unpaired) electrons. The van der Waals surface area contributed by atoms with Crippen LogP contribution in [0.15, 0.2) is 18.2 Å². The molecule has 1 amide bonds. The van der Waals surface area contributed by atoms with Gasteiger partial charge < -0.3 is 15.0 Å². The summed E-state index contributed by atoms with van der Waals surface area (Å²) in [6.45, 7) is 0.553. The standard InChI is InChI=1S/C19H22ClN3O3/c20-12-5-6-14-15(10-12)23-16(22-14)4-3-9-21-18(25)13-11-17(24)26-19(13)7-1-2-8-19/h5-6,10,13H,1-4,7-9,11H2,(H,21,25)(H,22,23)/t13-/m1/s1. The van der Waals surface area contributed by atoms with Gasteiger partial charge in [-0.1, -0.05) is 11.6 Å². The maximum atomic E-state index is 12.6. The minimum absolute atomic E-state index is 0.0610. The number of carbonyl (C=O) groups excluding carboxylic acids is 2. The zero-order valence-electron chi connectivity index (χ0n) is 14.5. The Bertz CT molecular complexity index is 842. The number of aryl methyl sites for hydroxylation is 1. The molecule has 2 N–H and O–H groups in total. The zero-order valence-corrected chi connectivity index (χ0v) is 15.3. The predicted molar refractivity (Wildman–Crippen MR) is 97.8 cm³/mol. The molecule has 2 aromatic rings. The highest BCUT2D eigenvalue weighted by molar-refractivity contribution is 6.31. The molecule has 1 aliphatic heterocycles. The second-order valence-corrected chi connectivity index (χ2v) is 7.68. The van der Waals surface area contributed by atoms with Crippen LogP contribution < -0.4 is 5.32 Å². The molecule has 1 aliphatic carbocycles. The summed E-state index contributed by atoms with van der Waals surface area (Å²) in [5, 5.41) is 3.65. The van der Waals surface area contributed by atoms with Crippen LogP contribution in [0.5, 0.6) is 0 Å². The number of rotatable bonds is 5. The van der Waals surface area contributed by atoms with E-state index in [1.807, 2.05) is 18.2 Å². The summed E-state index contributed by atoms with van der Waals surface area (Å²) in [5.74, 6) is 0.233. The van der Waals surface area contributed by atoms with E-state index in [-0.39, 0.29) is 24.2 Å². The Hall–Kier alpha value is -2.08. The van der Waals surface area contributed by atoms with E-state index in [2.05, 4.69) is 15.3 Å². The zero-order chi connectivity index (χ0) is 18.1. The van der Waals surface area contributed by atoms with E-state index in [1.54, 1.807) is 0 Å². The van der Waals surface area contributed by atoms with Crippen molar-refractivity contribution in [2.24, 2.45) is 5.92 Å². The fourth-order valence-corrected chi connectivity index (χ4v) is 4.36. The van der Waals surface area contributed by atoms with Crippen molar-refractivity contribution < 1.29 is 14.3 Å². The number of esters is 1. The largest absolute Gasteiger partial charge is 0.458 e. The third-order valence-corrected chi connectivity index (χ3v) is 5.71. The molecule has 26 heavy (non-hydrogen) atoms. The van der Waals surface area contributed by atoms with Crippen molar-refractivity contribution in [1.82, 2.24) is 15.3 Å². The summed E-state index contributed by atoms with van der Waals surface area (Å²) in [5.41, 5.74) is 1.26. The maximum absolute atomic E-state index is 12.6. The molecule has 1 aromatic carbocycles. The first-order chi connectivity index (χ1) is 12.6. The highest BCUT2D eigenvalue weighted by atomic mass is 35.5. The van der Waals surface area contributed by atoms with Crippen molar-refractivity contribution in [3.63, 3.8) is 0 Å². The van der Waals surface area contributed by atoms with Crippen LogP contribution in [-0.4, -0.2) is 34.0 Å². The van der Waals surface area contributed by atoms with Gasteiger partial charge in [0.25, 0.3) is 0 Å². The molecule has 7 heteroatoms. The van der Waals surface area contributed by atoms with Crippen molar-refractivity contribution in [2.45, 2.75) is 50.5 Å². The van der Waals surface area contributed by atoms with Gasteiger partial charge in [-0.3, -0.25) is 9.59 Å². The van der Waals surface area contributed by atoms with Crippen LogP contribution in [0.2, 0.25) is 5.02 Å². The lowest BCUT2D eigenvalue weighted by atomic mass is 9.85. The minimum Gasteiger partial charge on any atom is -0.458 e. The van der Waals surface area contributed by atoms with Crippen molar-refractivity contribution in [1.29, 1.82) is 0 Å². The van der Waals surface area contributed by atoms with E-state index in [0.717, 1.165) is 55.4 Å². The van der Waals surface area contributed by atoms with Gasteiger partial charge in [-0.15, -0.1) is 0 Å². The second kappa shape index (κ2) is 6.91. The average molecular weight is 376 g/mol. The number of benzene rings is 1. The van der Waals surface area contributed by atoms with Crippen molar-refractivity contribution in [3.8, 4) is 0 Å². The monoisotopic (exact) mass is 375 g/mol. The van der Waals surface area contributed by atoms with Crippen LogP contribution in [0.1, 0.15) is 44.3 Å². The number of ether oxygens (including phenoxy) is 1. The summed E-state index contributed by atoms with van der Waals surface area (Å²) in [7, 11) is 0. The molecule has 0 bridgehead atoms. The Morgan fingerprint density at radius 2 is 2.19 bits per heavy atom. The summed E-state index contributed by atoms with van der Waals surface area (Å²) in [6, 6.07) is 5.56. The number of H-pyrrole nitrogens is 1. The number of amides is 1. The molecule has 1 saturated carbocycles. The molecule has 4 rings (SSSR count). The van der Waals surface area contributed by atoms with Crippen molar-refractivity contribution in [2.75, 3.05) is 6.54 Å². The number of nitrogens with one attached hydrogen (secondary N) is 2. The van der Waals surface area contributed by atoms with Gasteiger partial charge in [0.2, 0.25) is 5.91 Å². The normalized spacial score (nSPS) is 21.4. The third-order valence-electron chi connectivity index (χ3n) is 5.47. The molecule has 2 heterocycles. The molecule has 2 aliphatic rings. The third kappa shape index (κ3) is 3.30. The molecule has 1 atom stereocenters. The molecule has 1 spiro atoms. The Labute approximate surface area is 156 Å². The second-order valence-electron chi connectivity index (χ2n) is 7.24. The number of hydrogen-bond acceptors (Lipinski definition) is 4. The van der Waals surface area contributed by atoms with Crippen molar-refractivity contribution >= 4 is 34.5 Å². The fourth-order valence-electron chi connectivity index (χ4n) is 4.19. The topological polar surface area (TPSA) is 84.1 Å². The average Bonchev–Trinajstić information content (AvgIpc) is 3.30. The van der Waals surface area contributed by atoms with E-state index in [4.69, 9.17) is 16.3 Å². The summed E-state index contributed by atoms with van der Waals surface area (Å²) in [4.78, 5) is 32.1. The number of halogens is 1. The van der Waals surface area contributed by atoms with Crippen LogP contribution in [-0.2, 0) is 20.7 Å². The number of carbonyl (C=O) groups is 2. The lowest BCUT2D eigenvalue weighted by Crippen LogP contribution is -2.43. The molecule has 1 saturated heterocycles. The van der Waals surface area contributed by atoms with Crippen molar-refractivity contribution in [3.05, 3.63) is 29.0 Å². The van der Waals surface area contributed by atoms with Gasteiger partial charge in [0.15, 0.2) is 0 Å². The van der Waals surface area contributed by atoms with E-state index >= 15 is 0 Å². The van der Waals surface area contributed by atoms with Gasteiger partial charge >= 0.3 is 5.97 Å². The predicted octanol–water partition coefficient (Wildman–Crippen LogP) is 3.14. The van der Waals surface area contributed by atoms with Crippen LogP contribution in [0.25, 0.3) is 11.0 Å². The molecular formula is C19H22ClN3O3. The lowest BCUT2D eigenvalue weighted by molar-refractivity contribution is -0.149. The maximum Gasteiger partial charge on any atom is 0.307 e. The van der Waals surface area contributed by atoms with Crippen LogP contribution in [0.3, 0.4) is 0 Å². The Morgan fingerprint density at radius 3 is 3.00 bits per heavy atom. The first-order valence-corrected chi connectivity index (χ1v) is 9.57. The van der Waals surface area contributed by atoms with Crippen LogP contribution in [0, 0.1) is 5.92 Å². The van der Waals surface area contributed by atoms with E-state index < -0.39 is 5.60 Å². The number of imidazole rings is 1. The first-order valence-electron chi connectivity index (χ1n) is 9.19. The lowest BCUT2D eigenvalue weighted by Gasteiger charge is -2.27. The van der Waals surface area contributed by atoms with E-state index in [1.165, 1.54) is 0 Å². The molecule has 138 valence electrons. The minimum atomic E-state index is -0.542. The summed E-state index contributed by atoms with van der Waals surface area (Å²) < 4.78 is 5.54. The molecular weight excluding hydrogens is 354 g/mol. The van der Waals surface area contributed by atoms with Gasteiger partial charge in [-0.25, -0.2) is 4.98 Å². The number of nitrogens with zero attached hydrogens (tertiary/aromatic N) is 1. The Kier molecular flexibility index (Phi) is 4.61. The van der Waals surface area contributed by atoms with Gasteiger partial charge in [-0.05, 0) is 50.3 Å². The SMILES string of the molecule is O=C1C[C@H](C(=O)NCCCc2nc3ccc(Cl)cc3[nH]2)C2(CCCC2)O1. The number of hydrogen-bond donors (Lipinski definition) is 2. The number of aromatic nitrogens is 2. The number of aromatic amines is 1. The molecule has 1 aromatic heterocycles. The van der Waals surface area contributed by atoms with E-state index in [9.17, 15) is 9.59 Å². The summed E-state index contributed by atoms with van der Waals surface area (Å²) in [6.07, 6.45) is 5.36. The number of fused-ring (bicyclic) bond motifs is 1. The highest BCUT2D eigenvalue weighted by Gasteiger charge is 2.53. The fraction of sp³-hybridized carbons (Fsp3) is 0.526. The highest BCUT2D eigenvalue weighted by Crippen LogP contribution is 2.45. The van der Waals surface area contributed by atoms with Crippen LogP contribution in [0.4, 0.5) is 0 Å². The van der Waals surface area contributed by atoms with E-state index in [0.29, 0.717) is 11.6 Å². The first kappa shape index (κ1) is 17.3. The summed E-state index contributed by atoms with van der Waals surface area (Å²) >= 11 is 5.98. The molecule has 2 fully saturated rings. The van der Waals surface area contributed by atoms with Gasteiger partial charge in [-0.2, -0.15) is 0 Å².